The summed E-state index contributed by atoms with van der Waals surface area (Å²) in [6.07, 6.45) is 8.73. The molecule has 0 bridgehead atoms. The van der Waals surface area contributed by atoms with Crippen molar-refractivity contribution in [2.45, 2.75) is 26.8 Å². The average molecular weight is 431 g/mol. The highest BCUT2D eigenvalue weighted by atomic mass is 16.1. The van der Waals surface area contributed by atoms with Gasteiger partial charge in [-0.2, -0.15) is 0 Å². The van der Waals surface area contributed by atoms with Crippen LogP contribution in [0, 0.1) is 0 Å². The van der Waals surface area contributed by atoms with E-state index in [-0.39, 0.29) is 5.91 Å². The third-order valence-corrected chi connectivity index (χ3v) is 5.67. The van der Waals surface area contributed by atoms with Crippen molar-refractivity contribution in [1.29, 1.82) is 0 Å². The van der Waals surface area contributed by atoms with Gasteiger partial charge in [-0.3, -0.25) is 14.2 Å². The van der Waals surface area contributed by atoms with Crippen molar-refractivity contribution in [3.05, 3.63) is 78.6 Å². The maximum absolute atomic E-state index is 12.9. The summed E-state index contributed by atoms with van der Waals surface area (Å²) in [6.45, 7) is 8.67. The second kappa shape index (κ2) is 10.2. The average Bonchev–Trinajstić information content (AvgIpc) is 3.44. The first kappa shape index (κ1) is 21.8. The number of nitrogens with one attached hydrogen (secondary N) is 1. The fraction of sp³-hybridized carbons (Fsp3) is 0.320. The molecule has 0 radical (unpaired) electrons. The predicted octanol–water partition coefficient (Wildman–Crippen LogP) is 3.71. The zero-order valence-electron chi connectivity index (χ0n) is 18.7. The lowest BCUT2D eigenvalue weighted by Crippen LogP contribution is -2.30. The van der Waals surface area contributed by atoms with Gasteiger partial charge in [-0.1, -0.05) is 26.0 Å². The Morgan fingerprint density at radius 1 is 1.06 bits per heavy atom. The molecule has 4 aromatic rings. The summed E-state index contributed by atoms with van der Waals surface area (Å²) in [5.41, 5.74) is 3.22. The molecule has 1 amide bonds. The number of imidazole rings is 1. The zero-order chi connectivity index (χ0) is 22.3. The van der Waals surface area contributed by atoms with Crippen LogP contribution in [0.5, 0.6) is 0 Å². The third-order valence-electron chi connectivity index (χ3n) is 5.67. The van der Waals surface area contributed by atoms with Crippen molar-refractivity contribution in [3.63, 3.8) is 0 Å². The lowest BCUT2D eigenvalue weighted by atomic mass is 10.3. The Kier molecular flexibility index (Phi) is 6.97. The van der Waals surface area contributed by atoms with Crippen molar-refractivity contribution in [2.24, 2.45) is 0 Å². The monoisotopic (exact) mass is 430 g/mol. The van der Waals surface area contributed by atoms with E-state index in [1.54, 1.807) is 6.20 Å². The molecule has 4 rings (SSSR count). The quantitative estimate of drug-likeness (QED) is 0.390. The SMILES string of the molecule is CCN(CC)CCCNC(=O)c1nc(-c2ccn(Cc3ccccn3)c2)n2ccccc12. The van der Waals surface area contributed by atoms with E-state index in [9.17, 15) is 4.79 Å². The number of hydrogen-bond donors (Lipinski definition) is 1. The molecule has 0 atom stereocenters. The van der Waals surface area contributed by atoms with E-state index in [1.807, 2.05) is 65.5 Å². The van der Waals surface area contributed by atoms with Gasteiger partial charge in [0.25, 0.3) is 5.91 Å². The van der Waals surface area contributed by atoms with Crippen LogP contribution in [0.25, 0.3) is 16.9 Å². The lowest BCUT2D eigenvalue weighted by Gasteiger charge is -2.17. The Bertz CT molecular complexity index is 1160. The first-order chi connectivity index (χ1) is 15.7. The molecule has 7 nitrogen and oxygen atoms in total. The van der Waals surface area contributed by atoms with Crippen LogP contribution in [0.3, 0.4) is 0 Å². The summed E-state index contributed by atoms with van der Waals surface area (Å²) in [6, 6.07) is 13.8. The maximum atomic E-state index is 12.9. The van der Waals surface area contributed by atoms with Crippen molar-refractivity contribution in [2.75, 3.05) is 26.2 Å². The van der Waals surface area contributed by atoms with E-state index in [0.717, 1.165) is 48.7 Å². The molecular formula is C25H30N6O. The van der Waals surface area contributed by atoms with Gasteiger partial charge in [-0.25, -0.2) is 4.98 Å². The summed E-state index contributed by atoms with van der Waals surface area (Å²) in [5, 5.41) is 3.04. The number of carbonyl (C=O) groups excluding carboxylic acids is 1. The van der Waals surface area contributed by atoms with E-state index >= 15 is 0 Å². The Balaban J connectivity index is 1.51. The van der Waals surface area contributed by atoms with Crippen molar-refractivity contribution in [1.82, 2.24) is 29.2 Å². The number of carbonyl (C=O) groups is 1. The molecule has 0 spiro atoms. The fourth-order valence-electron chi connectivity index (χ4n) is 3.89. The van der Waals surface area contributed by atoms with Crippen LogP contribution in [-0.2, 0) is 6.54 Å². The lowest BCUT2D eigenvalue weighted by molar-refractivity contribution is 0.0949. The van der Waals surface area contributed by atoms with E-state index in [0.29, 0.717) is 18.8 Å². The molecule has 4 heterocycles. The summed E-state index contributed by atoms with van der Waals surface area (Å²) < 4.78 is 4.06. The van der Waals surface area contributed by atoms with Gasteiger partial charge in [0.15, 0.2) is 5.69 Å². The molecule has 0 aliphatic rings. The number of nitrogens with zero attached hydrogens (tertiary/aromatic N) is 5. The van der Waals surface area contributed by atoms with Gasteiger partial charge < -0.3 is 14.8 Å². The van der Waals surface area contributed by atoms with E-state index < -0.39 is 0 Å². The van der Waals surface area contributed by atoms with Crippen LogP contribution in [0.2, 0.25) is 0 Å². The largest absolute Gasteiger partial charge is 0.351 e. The molecule has 0 fully saturated rings. The van der Waals surface area contributed by atoms with Gasteiger partial charge >= 0.3 is 0 Å². The molecule has 0 unspecified atom stereocenters. The van der Waals surface area contributed by atoms with Crippen molar-refractivity contribution in [3.8, 4) is 11.4 Å². The Morgan fingerprint density at radius 3 is 2.69 bits per heavy atom. The highest BCUT2D eigenvalue weighted by Gasteiger charge is 2.18. The molecule has 7 heteroatoms. The highest BCUT2D eigenvalue weighted by Crippen LogP contribution is 2.23. The van der Waals surface area contributed by atoms with Gasteiger partial charge in [-0.15, -0.1) is 0 Å². The second-order valence-corrected chi connectivity index (χ2v) is 7.77. The zero-order valence-corrected chi connectivity index (χ0v) is 18.7. The summed E-state index contributed by atoms with van der Waals surface area (Å²) in [5.74, 6) is 0.626. The van der Waals surface area contributed by atoms with E-state index in [2.05, 4.69) is 33.6 Å². The smallest absolute Gasteiger partial charge is 0.272 e. The van der Waals surface area contributed by atoms with E-state index in [1.165, 1.54) is 0 Å². The second-order valence-electron chi connectivity index (χ2n) is 7.77. The molecule has 0 saturated carbocycles. The number of rotatable bonds is 10. The molecule has 32 heavy (non-hydrogen) atoms. The van der Waals surface area contributed by atoms with Crippen LogP contribution in [-0.4, -0.2) is 55.9 Å². The topological polar surface area (TPSA) is 67.5 Å². The minimum atomic E-state index is -0.132. The first-order valence-electron chi connectivity index (χ1n) is 11.2. The predicted molar refractivity (Wildman–Crippen MR) is 127 cm³/mol. The van der Waals surface area contributed by atoms with Crippen molar-refractivity contribution >= 4 is 11.4 Å². The minimum absolute atomic E-state index is 0.132. The Morgan fingerprint density at radius 2 is 1.91 bits per heavy atom. The van der Waals surface area contributed by atoms with Crippen molar-refractivity contribution < 1.29 is 4.79 Å². The fourth-order valence-corrected chi connectivity index (χ4v) is 3.89. The van der Waals surface area contributed by atoms with Crippen LogP contribution in [0.1, 0.15) is 36.5 Å². The van der Waals surface area contributed by atoms with Gasteiger partial charge in [0.2, 0.25) is 0 Å². The van der Waals surface area contributed by atoms with Crippen LogP contribution >= 0.6 is 0 Å². The number of hydrogen-bond acceptors (Lipinski definition) is 4. The molecule has 0 aromatic carbocycles. The summed E-state index contributed by atoms with van der Waals surface area (Å²) in [4.78, 5) is 24.4. The molecule has 4 aromatic heterocycles. The third kappa shape index (κ3) is 4.89. The maximum Gasteiger partial charge on any atom is 0.272 e. The summed E-state index contributed by atoms with van der Waals surface area (Å²) >= 11 is 0. The molecule has 0 aliphatic heterocycles. The Hall–Kier alpha value is -3.45. The normalized spacial score (nSPS) is 11.3. The highest BCUT2D eigenvalue weighted by molar-refractivity contribution is 6.00. The van der Waals surface area contributed by atoms with Crippen LogP contribution < -0.4 is 5.32 Å². The Labute approximate surface area is 188 Å². The summed E-state index contributed by atoms with van der Waals surface area (Å²) in [7, 11) is 0. The van der Waals surface area contributed by atoms with Crippen LogP contribution in [0.4, 0.5) is 0 Å². The number of fused-ring (bicyclic) bond motifs is 1. The molecule has 166 valence electrons. The standard InChI is InChI=1S/C25H30N6O/c1-3-29(4-2)15-9-14-27-25(32)23-22-11-6-8-16-31(22)24(28-23)20-12-17-30(18-20)19-21-10-5-7-13-26-21/h5-8,10-13,16-18H,3-4,9,14-15,19H2,1-2H3,(H,27,32). The number of amides is 1. The van der Waals surface area contributed by atoms with Gasteiger partial charge in [0.05, 0.1) is 17.8 Å². The van der Waals surface area contributed by atoms with Gasteiger partial charge in [0, 0.05) is 36.9 Å². The molecule has 1 N–H and O–H groups in total. The molecule has 0 aliphatic carbocycles. The van der Waals surface area contributed by atoms with Crippen LogP contribution in [0.15, 0.2) is 67.3 Å². The van der Waals surface area contributed by atoms with Gasteiger partial charge in [-0.05, 0) is 56.4 Å². The first-order valence-corrected chi connectivity index (χ1v) is 11.2. The number of pyridine rings is 2. The molecule has 0 saturated heterocycles. The minimum Gasteiger partial charge on any atom is -0.351 e. The van der Waals surface area contributed by atoms with Gasteiger partial charge in [0.1, 0.15) is 5.82 Å². The molecular weight excluding hydrogens is 400 g/mol. The number of aromatic nitrogens is 4. The van der Waals surface area contributed by atoms with E-state index in [4.69, 9.17) is 4.98 Å².